The topological polar surface area (TPSA) is 95.9 Å². The molecule has 0 radical (unpaired) electrons. The zero-order chi connectivity index (χ0) is 45.1. The minimum absolute atomic E-state index is 0.00121. The van der Waals surface area contributed by atoms with Crippen molar-refractivity contribution in [3.8, 4) is 0 Å². The van der Waals surface area contributed by atoms with E-state index in [9.17, 15) is 19.8 Å². The Morgan fingerprint density at radius 1 is 0.435 bits per heavy atom. The molecule has 2 unspecified atom stereocenters. The summed E-state index contributed by atoms with van der Waals surface area (Å²) in [7, 11) is 0. The van der Waals surface area contributed by atoms with E-state index < -0.39 is 12.1 Å². The van der Waals surface area contributed by atoms with Crippen LogP contribution in [0.4, 0.5) is 0 Å². The van der Waals surface area contributed by atoms with Gasteiger partial charge in [0, 0.05) is 12.8 Å². The predicted molar refractivity (Wildman–Crippen MR) is 269 cm³/mol. The Labute approximate surface area is 385 Å². The highest BCUT2D eigenvalue weighted by Gasteiger charge is 2.18. The highest BCUT2D eigenvalue weighted by atomic mass is 16.5. The summed E-state index contributed by atoms with van der Waals surface area (Å²) in [5.41, 5.74) is 0. The van der Waals surface area contributed by atoms with Gasteiger partial charge in [-0.25, -0.2) is 0 Å². The van der Waals surface area contributed by atoms with Gasteiger partial charge in [0.15, 0.2) is 0 Å². The Morgan fingerprint density at radius 3 is 1.18 bits per heavy atom. The van der Waals surface area contributed by atoms with Crippen molar-refractivity contribution in [3.05, 3.63) is 36.5 Å². The largest absolute Gasteiger partial charge is 0.466 e. The number of allylic oxidation sites excluding steroid dienone is 5. The summed E-state index contributed by atoms with van der Waals surface area (Å²) in [6, 6.07) is -0.629. The minimum Gasteiger partial charge on any atom is -0.466 e. The maximum Gasteiger partial charge on any atom is 0.305 e. The minimum atomic E-state index is -0.845. The lowest BCUT2D eigenvalue weighted by Crippen LogP contribution is -2.45. The van der Waals surface area contributed by atoms with Gasteiger partial charge in [0.05, 0.1) is 25.4 Å². The number of aliphatic hydroxyl groups is 2. The number of aliphatic hydroxyl groups excluding tert-OH is 2. The van der Waals surface area contributed by atoms with Crippen molar-refractivity contribution in [1.29, 1.82) is 0 Å². The van der Waals surface area contributed by atoms with Crippen LogP contribution in [0.3, 0.4) is 0 Å². The monoisotopic (exact) mass is 872 g/mol. The van der Waals surface area contributed by atoms with E-state index in [2.05, 4.69) is 43.5 Å². The molecule has 0 bridgehead atoms. The third-order valence-corrected chi connectivity index (χ3v) is 12.4. The van der Waals surface area contributed by atoms with Crippen LogP contribution in [0.5, 0.6) is 0 Å². The average Bonchev–Trinajstić information content (AvgIpc) is 3.27. The van der Waals surface area contributed by atoms with Gasteiger partial charge in [-0.15, -0.1) is 0 Å². The fraction of sp³-hybridized carbons (Fsp3) is 0.857. The molecule has 0 saturated heterocycles. The quantitative estimate of drug-likeness (QED) is 0.0321. The first-order valence-electron chi connectivity index (χ1n) is 27.3. The van der Waals surface area contributed by atoms with Gasteiger partial charge in [-0.2, -0.15) is 0 Å². The fourth-order valence-electron chi connectivity index (χ4n) is 8.15. The molecule has 6 heteroatoms. The Balaban J connectivity index is 3.40. The molecule has 62 heavy (non-hydrogen) atoms. The number of amides is 1. The summed E-state index contributed by atoms with van der Waals surface area (Å²) in [4.78, 5) is 24.4. The van der Waals surface area contributed by atoms with Crippen LogP contribution in [0, 0.1) is 0 Å². The van der Waals surface area contributed by atoms with E-state index in [1.54, 1.807) is 6.08 Å². The highest BCUT2D eigenvalue weighted by molar-refractivity contribution is 5.76. The zero-order valence-corrected chi connectivity index (χ0v) is 41.4. The van der Waals surface area contributed by atoms with Gasteiger partial charge in [0.25, 0.3) is 0 Å². The SMILES string of the molecule is CCCCC/C=C\CCCCCCCC(=O)OCCCCCCCCCCCCCC/C=C\CCCCCCCCCCC(=O)NC(CO)C(O)/C=C/CCCCCCCCC. The van der Waals surface area contributed by atoms with Crippen LogP contribution in [0.15, 0.2) is 36.5 Å². The second-order valence-electron chi connectivity index (χ2n) is 18.5. The maximum atomic E-state index is 12.4. The Bertz CT molecular complexity index is 1010. The van der Waals surface area contributed by atoms with Crippen LogP contribution in [0.2, 0.25) is 0 Å². The number of rotatable bonds is 50. The molecule has 0 spiro atoms. The Hall–Kier alpha value is -1.92. The molecule has 0 aromatic carbocycles. The number of hydrogen-bond acceptors (Lipinski definition) is 5. The lowest BCUT2D eigenvalue weighted by atomic mass is 10.0. The molecule has 0 aliphatic heterocycles. The molecule has 0 aliphatic rings. The van der Waals surface area contributed by atoms with E-state index >= 15 is 0 Å². The molecule has 2 atom stereocenters. The van der Waals surface area contributed by atoms with E-state index in [1.165, 1.54) is 212 Å². The summed E-state index contributed by atoms with van der Waals surface area (Å²) in [5.74, 6) is -0.0746. The summed E-state index contributed by atoms with van der Waals surface area (Å²) < 4.78 is 5.46. The van der Waals surface area contributed by atoms with Crippen LogP contribution in [0.25, 0.3) is 0 Å². The first kappa shape index (κ1) is 60.1. The normalized spacial score (nSPS) is 12.9. The van der Waals surface area contributed by atoms with Gasteiger partial charge >= 0.3 is 5.97 Å². The van der Waals surface area contributed by atoms with Crippen molar-refractivity contribution in [3.63, 3.8) is 0 Å². The van der Waals surface area contributed by atoms with Crippen LogP contribution in [0.1, 0.15) is 284 Å². The van der Waals surface area contributed by atoms with Crippen molar-refractivity contribution < 1.29 is 24.5 Å². The predicted octanol–water partition coefficient (Wildman–Crippen LogP) is 16.5. The lowest BCUT2D eigenvalue weighted by molar-refractivity contribution is -0.143. The van der Waals surface area contributed by atoms with Crippen molar-refractivity contribution in [2.75, 3.05) is 13.2 Å². The molecule has 364 valence electrons. The third kappa shape index (κ3) is 47.6. The molecule has 0 saturated carbocycles. The zero-order valence-electron chi connectivity index (χ0n) is 41.4. The number of carbonyl (C=O) groups excluding carboxylic acids is 2. The van der Waals surface area contributed by atoms with Crippen LogP contribution in [-0.2, 0) is 14.3 Å². The number of nitrogens with one attached hydrogen (secondary N) is 1. The van der Waals surface area contributed by atoms with Gasteiger partial charge < -0.3 is 20.3 Å². The lowest BCUT2D eigenvalue weighted by Gasteiger charge is -2.20. The van der Waals surface area contributed by atoms with E-state index in [1.807, 2.05) is 6.08 Å². The molecule has 6 nitrogen and oxygen atoms in total. The van der Waals surface area contributed by atoms with Crippen molar-refractivity contribution in [2.24, 2.45) is 0 Å². The number of ether oxygens (including phenoxy) is 1. The molecular formula is C56H105NO5. The Morgan fingerprint density at radius 2 is 0.758 bits per heavy atom. The molecule has 0 fully saturated rings. The van der Waals surface area contributed by atoms with Crippen LogP contribution < -0.4 is 5.32 Å². The molecule has 1 amide bonds. The molecule has 0 aromatic heterocycles. The van der Waals surface area contributed by atoms with E-state index in [-0.39, 0.29) is 18.5 Å². The molecule has 0 heterocycles. The summed E-state index contributed by atoms with van der Waals surface area (Å²) in [5, 5.41) is 22.9. The van der Waals surface area contributed by atoms with E-state index in [0.29, 0.717) is 19.4 Å². The summed E-state index contributed by atoms with van der Waals surface area (Å²) in [6.07, 6.45) is 63.1. The maximum absolute atomic E-state index is 12.4. The Kier molecular flexibility index (Phi) is 50.1. The first-order chi connectivity index (χ1) is 30.5. The van der Waals surface area contributed by atoms with Crippen LogP contribution in [-0.4, -0.2) is 47.4 Å². The molecular weight excluding hydrogens is 767 g/mol. The van der Waals surface area contributed by atoms with E-state index in [4.69, 9.17) is 4.74 Å². The average molecular weight is 872 g/mol. The van der Waals surface area contributed by atoms with Gasteiger partial charge in [-0.3, -0.25) is 9.59 Å². The second-order valence-corrected chi connectivity index (χ2v) is 18.5. The molecule has 0 rings (SSSR count). The number of hydrogen-bond donors (Lipinski definition) is 3. The smallest absolute Gasteiger partial charge is 0.305 e. The van der Waals surface area contributed by atoms with Gasteiger partial charge in [-0.05, 0) is 83.5 Å². The standard InChI is InChI=1S/C56H105NO5/c1-3-5-7-9-11-13-14-30-34-38-42-46-50-56(61)62-51-47-43-39-35-31-28-26-24-22-20-18-16-15-17-19-21-23-25-27-29-33-37-41-45-49-55(60)57-53(52-58)54(59)48-44-40-36-32-12-10-8-6-4-2/h11,13,17,19,44,48,53-54,58-59H,3-10,12,14-16,18,20-43,45-47,49-52H2,1-2H3,(H,57,60)/b13-11-,19-17-,48-44+. The van der Waals surface area contributed by atoms with E-state index in [0.717, 1.165) is 44.9 Å². The number of unbranched alkanes of at least 4 members (excludes halogenated alkanes) is 35. The molecule has 0 aromatic rings. The first-order valence-corrected chi connectivity index (χ1v) is 27.3. The molecule has 3 N–H and O–H groups in total. The third-order valence-electron chi connectivity index (χ3n) is 12.4. The number of carbonyl (C=O) groups is 2. The molecule has 0 aliphatic carbocycles. The highest BCUT2D eigenvalue weighted by Crippen LogP contribution is 2.15. The van der Waals surface area contributed by atoms with Crippen molar-refractivity contribution in [2.45, 2.75) is 296 Å². The number of esters is 1. The summed E-state index contributed by atoms with van der Waals surface area (Å²) >= 11 is 0. The fourth-order valence-corrected chi connectivity index (χ4v) is 8.15. The van der Waals surface area contributed by atoms with Crippen molar-refractivity contribution >= 4 is 11.9 Å². The van der Waals surface area contributed by atoms with Gasteiger partial charge in [0.2, 0.25) is 5.91 Å². The van der Waals surface area contributed by atoms with Gasteiger partial charge in [0.1, 0.15) is 0 Å². The summed E-state index contributed by atoms with van der Waals surface area (Å²) in [6.45, 7) is 4.84. The van der Waals surface area contributed by atoms with Crippen molar-refractivity contribution in [1.82, 2.24) is 5.32 Å². The van der Waals surface area contributed by atoms with Crippen LogP contribution >= 0.6 is 0 Å². The van der Waals surface area contributed by atoms with Gasteiger partial charge in [-0.1, -0.05) is 224 Å². The second kappa shape index (κ2) is 51.7.